The van der Waals surface area contributed by atoms with E-state index in [2.05, 4.69) is 132 Å². The van der Waals surface area contributed by atoms with Crippen LogP contribution in [0.4, 0.5) is 0 Å². The Hall–Kier alpha value is -7.11. The monoisotopic (exact) mass is 664 g/mol. The van der Waals surface area contributed by atoms with E-state index in [4.69, 9.17) is 19.4 Å². The lowest BCUT2D eigenvalue weighted by Gasteiger charge is -2.12. The molecule has 0 fully saturated rings. The van der Waals surface area contributed by atoms with E-state index in [-0.39, 0.29) is 0 Å². The van der Waals surface area contributed by atoms with Gasteiger partial charge in [-0.25, -0.2) is 15.0 Å². The summed E-state index contributed by atoms with van der Waals surface area (Å²) < 4.78 is 8.84. The number of rotatable bonds is 4. The Morgan fingerprint density at radius 1 is 0.365 bits per heavy atom. The molecule has 0 saturated heterocycles. The molecule has 0 radical (unpaired) electrons. The largest absolute Gasteiger partial charge is 0.455 e. The Morgan fingerprint density at radius 3 is 1.56 bits per heavy atom. The fraction of sp³-hybridized carbons (Fsp3) is 0. The smallest absolute Gasteiger partial charge is 0.164 e. The van der Waals surface area contributed by atoms with E-state index in [0.717, 1.165) is 65.9 Å². The van der Waals surface area contributed by atoms with Crippen molar-refractivity contribution in [2.75, 3.05) is 0 Å². The average Bonchev–Trinajstić information content (AvgIpc) is 3.78. The predicted molar refractivity (Wildman–Crippen MR) is 213 cm³/mol. The van der Waals surface area contributed by atoms with Crippen molar-refractivity contribution < 1.29 is 4.42 Å². The Morgan fingerprint density at radius 2 is 0.865 bits per heavy atom. The molecule has 0 aliphatic heterocycles. The minimum atomic E-state index is 0.617. The molecule has 0 aliphatic rings. The Labute approximate surface area is 298 Å². The van der Waals surface area contributed by atoms with Crippen molar-refractivity contribution in [1.29, 1.82) is 0 Å². The molecule has 11 aromatic rings. The molecule has 5 nitrogen and oxygen atoms in total. The summed E-state index contributed by atoms with van der Waals surface area (Å²) in [6.07, 6.45) is 0. The molecule has 3 aromatic heterocycles. The van der Waals surface area contributed by atoms with Crippen LogP contribution in [0, 0.1) is 0 Å². The highest BCUT2D eigenvalue weighted by molar-refractivity contribution is 6.30. The van der Waals surface area contributed by atoms with Gasteiger partial charge in [-0.2, -0.15) is 0 Å². The van der Waals surface area contributed by atoms with Crippen LogP contribution in [0.1, 0.15) is 0 Å². The highest BCUT2D eigenvalue weighted by atomic mass is 16.3. The van der Waals surface area contributed by atoms with Gasteiger partial charge < -0.3 is 8.98 Å². The van der Waals surface area contributed by atoms with E-state index < -0.39 is 0 Å². The molecule has 3 heterocycles. The summed E-state index contributed by atoms with van der Waals surface area (Å²) in [5.74, 6) is 1.87. The number of nitrogens with zero attached hydrogens (tertiary/aromatic N) is 4. The van der Waals surface area contributed by atoms with Gasteiger partial charge in [-0.1, -0.05) is 121 Å². The van der Waals surface area contributed by atoms with Crippen molar-refractivity contribution in [2.45, 2.75) is 0 Å². The molecule has 0 amide bonds. The fourth-order valence-electron chi connectivity index (χ4n) is 7.85. The van der Waals surface area contributed by atoms with Crippen molar-refractivity contribution >= 4 is 65.3 Å². The second-order valence-electron chi connectivity index (χ2n) is 13.2. The molecule has 0 bridgehead atoms. The Bertz CT molecular complexity index is 3120. The summed E-state index contributed by atoms with van der Waals surface area (Å²) in [6, 6.07) is 59.1. The highest BCUT2D eigenvalue weighted by Gasteiger charge is 2.19. The molecule has 11 rings (SSSR count). The van der Waals surface area contributed by atoms with Crippen LogP contribution in [-0.2, 0) is 0 Å². The number of para-hydroxylation sites is 3. The molecule has 5 heteroatoms. The second kappa shape index (κ2) is 11.2. The van der Waals surface area contributed by atoms with E-state index in [9.17, 15) is 0 Å². The van der Waals surface area contributed by atoms with E-state index in [0.29, 0.717) is 17.5 Å². The SMILES string of the molecule is c1ccc(-c2nc(-c3ccc(-n4c5ccccc5c5ccccc54)cc3)nc(-c3ccc4c5ccccc5c5oc6ccccc6c5c4c3)n2)cc1. The van der Waals surface area contributed by atoms with Gasteiger partial charge in [0.05, 0.1) is 11.0 Å². The van der Waals surface area contributed by atoms with Gasteiger partial charge in [-0.3, -0.25) is 0 Å². The third-order valence-electron chi connectivity index (χ3n) is 10.2. The minimum absolute atomic E-state index is 0.617. The van der Waals surface area contributed by atoms with Crippen LogP contribution in [0.3, 0.4) is 0 Å². The van der Waals surface area contributed by atoms with Crippen LogP contribution in [0.15, 0.2) is 174 Å². The van der Waals surface area contributed by atoms with Crippen LogP contribution in [0.2, 0.25) is 0 Å². The maximum atomic E-state index is 6.51. The summed E-state index contributed by atoms with van der Waals surface area (Å²) in [4.78, 5) is 15.2. The molecular weight excluding hydrogens is 637 g/mol. The highest BCUT2D eigenvalue weighted by Crippen LogP contribution is 2.42. The third-order valence-corrected chi connectivity index (χ3v) is 10.2. The molecule has 0 unspecified atom stereocenters. The first-order chi connectivity index (χ1) is 25.8. The van der Waals surface area contributed by atoms with Gasteiger partial charge in [0.25, 0.3) is 0 Å². The summed E-state index contributed by atoms with van der Waals surface area (Å²) in [5.41, 5.74) is 7.96. The lowest BCUT2D eigenvalue weighted by atomic mass is 9.95. The molecule has 0 spiro atoms. The fourth-order valence-corrected chi connectivity index (χ4v) is 7.85. The maximum absolute atomic E-state index is 6.51. The molecule has 0 saturated carbocycles. The summed E-state index contributed by atoms with van der Waals surface area (Å²) in [5, 5.41) is 9.19. The van der Waals surface area contributed by atoms with Gasteiger partial charge in [-0.05, 0) is 64.7 Å². The molecule has 242 valence electrons. The number of hydrogen-bond donors (Lipinski definition) is 0. The van der Waals surface area contributed by atoms with Crippen LogP contribution >= 0.6 is 0 Å². The zero-order valence-electron chi connectivity index (χ0n) is 27.9. The first kappa shape index (κ1) is 28.7. The van der Waals surface area contributed by atoms with Crippen molar-refractivity contribution in [3.63, 3.8) is 0 Å². The summed E-state index contributed by atoms with van der Waals surface area (Å²) >= 11 is 0. The first-order valence-corrected chi connectivity index (χ1v) is 17.5. The number of hydrogen-bond acceptors (Lipinski definition) is 4. The van der Waals surface area contributed by atoms with Gasteiger partial charge >= 0.3 is 0 Å². The molecular formula is C47H28N4O. The zero-order valence-corrected chi connectivity index (χ0v) is 27.9. The van der Waals surface area contributed by atoms with Crippen molar-refractivity contribution in [3.8, 4) is 39.9 Å². The molecule has 0 N–H and O–H groups in total. The summed E-state index contributed by atoms with van der Waals surface area (Å²) in [7, 11) is 0. The second-order valence-corrected chi connectivity index (χ2v) is 13.2. The molecule has 0 atom stereocenters. The molecule has 8 aromatic carbocycles. The van der Waals surface area contributed by atoms with Crippen molar-refractivity contribution in [3.05, 3.63) is 170 Å². The van der Waals surface area contributed by atoms with E-state index >= 15 is 0 Å². The average molecular weight is 665 g/mol. The standard InChI is InChI=1S/C47H28N4O/c1-2-12-29(13-3-1)45-48-46(30-22-25-32(26-23-30)51-40-19-9-6-15-35(40)36-16-7-10-20-41(36)51)50-47(49-45)31-24-27-34-33-14-4-5-17-37(33)44-43(39(34)28-31)38-18-8-11-21-42(38)52-44/h1-28H. The van der Waals surface area contributed by atoms with Gasteiger partial charge in [0.15, 0.2) is 17.5 Å². The normalized spacial score (nSPS) is 11.8. The molecule has 52 heavy (non-hydrogen) atoms. The van der Waals surface area contributed by atoms with Crippen LogP contribution < -0.4 is 0 Å². The van der Waals surface area contributed by atoms with Crippen LogP contribution in [0.5, 0.6) is 0 Å². The number of benzene rings is 8. The van der Waals surface area contributed by atoms with Gasteiger partial charge in [-0.15, -0.1) is 0 Å². The summed E-state index contributed by atoms with van der Waals surface area (Å²) in [6.45, 7) is 0. The van der Waals surface area contributed by atoms with E-state index in [1.807, 2.05) is 42.5 Å². The van der Waals surface area contributed by atoms with Crippen molar-refractivity contribution in [1.82, 2.24) is 19.5 Å². The number of aromatic nitrogens is 4. The van der Waals surface area contributed by atoms with E-state index in [1.165, 1.54) is 21.8 Å². The van der Waals surface area contributed by atoms with Gasteiger partial charge in [0.2, 0.25) is 0 Å². The van der Waals surface area contributed by atoms with Crippen molar-refractivity contribution in [2.24, 2.45) is 0 Å². The predicted octanol–water partition coefficient (Wildman–Crippen LogP) is 12.2. The lowest BCUT2D eigenvalue weighted by Crippen LogP contribution is -2.00. The zero-order chi connectivity index (χ0) is 34.2. The van der Waals surface area contributed by atoms with Gasteiger partial charge in [0, 0.05) is 49.3 Å². The van der Waals surface area contributed by atoms with Crippen LogP contribution in [-0.4, -0.2) is 19.5 Å². The minimum Gasteiger partial charge on any atom is -0.455 e. The lowest BCUT2D eigenvalue weighted by molar-refractivity contribution is 0.673. The Balaban J connectivity index is 1.10. The number of fused-ring (bicyclic) bond motifs is 11. The Kier molecular flexibility index (Phi) is 6.18. The molecule has 0 aliphatic carbocycles. The first-order valence-electron chi connectivity index (χ1n) is 17.5. The third kappa shape index (κ3) is 4.33. The quantitative estimate of drug-likeness (QED) is 0.176. The van der Waals surface area contributed by atoms with Crippen LogP contribution in [0.25, 0.3) is 105 Å². The van der Waals surface area contributed by atoms with Gasteiger partial charge in [0.1, 0.15) is 11.2 Å². The number of furan rings is 1. The van der Waals surface area contributed by atoms with E-state index in [1.54, 1.807) is 0 Å². The maximum Gasteiger partial charge on any atom is 0.164 e. The topological polar surface area (TPSA) is 56.7 Å².